The van der Waals surface area contributed by atoms with Gasteiger partial charge < -0.3 is 10.1 Å². The third-order valence-electron chi connectivity index (χ3n) is 2.14. The van der Waals surface area contributed by atoms with Crippen LogP contribution in [0.15, 0.2) is 11.2 Å². The summed E-state index contributed by atoms with van der Waals surface area (Å²) in [5.74, 6) is 0.563. The number of hydrogen-bond donors (Lipinski definition) is 1. The molecule has 0 saturated carbocycles. The number of hydrogen-bond acceptors (Lipinski definition) is 5. The maximum atomic E-state index is 5.85. The van der Waals surface area contributed by atoms with Crippen molar-refractivity contribution in [3.63, 3.8) is 0 Å². The molecule has 1 aliphatic heterocycles. The molecule has 1 aromatic heterocycles. The Morgan fingerprint density at radius 1 is 1.60 bits per heavy atom. The van der Waals surface area contributed by atoms with Crippen molar-refractivity contribution in [1.82, 2.24) is 15.3 Å². The van der Waals surface area contributed by atoms with E-state index in [-0.39, 0.29) is 6.10 Å². The SMILES string of the molecule is CSc1nc(Cl)cc(OC2CCNC2)n1. The van der Waals surface area contributed by atoms with Crippen molar-refractivity contribution in [2.24, 2.45) is 0 Å². The lowest BCUT2D eigenvalue weighted by Crippen LogP contribution is -2.20. The summed E-state index contributed by atoms with van der Waals surface area (Å²) >= 11 is 7.31. The molecule has 0 aromatic carbocycles. The molecule has 1 aliphatic rings. The lowest BCUT2D eigenvalue weighted by atomic mass is 10.3. The summed E-state index contributed by atoms with van der Waals surface area (Å²) in [6.07, 6.45) is 3.12. The number of aromatic nitrogens is 2. The topological polar surface area (TPSA) is 47.0 Å². The third-order valence-corrected chi connectivity index (χ3v) is 2.88. The van der Waals surface area contributed by atoms with Crippen molar-refractivity contribution in [3.8, 4) is 5.88 Å². The van der Waals surface area contributed by atoms with E-state index in [1.165, 1.54) is 11.8 Å². The van der Waals surface area contributed by atoms with Crippen molar-refractivity contribution < 1.29 is 4.74 Å². The summed E-state index contributed by atoms with van der Waals surface area (Å²) in [7, 11) is 0. The maximum Gasteiger partial charge on any atom is 0.219 e. The molecule has 0 bridgehead atoms. The van der Waals surface area contributed by atoms with Gasteiger partial charge in [0.25, 0.3) is 0 Å². The number of nitrogens with one attached hydrogen (secondary N) is 1. The van der Waals surface area contributed by atoms with Crippen LogP contribution in [0.3, 0.4) is 0 Å². The summed E-state index contributed by atoms with van der Waals surface area (Å²) in [4.78, 5) is 8.28. The minimum absolute atomic E-state index is 0.200. The molecule has 0 radical (unpaired) electrons. The molecule has 2 rings (SSSR count). The van der Waals surface area contributed by atoms with E-state index < -0.39 is 0 Å². The molecule has 1 atom stereocenters. The van der Waals surface area contributed by atoms with Gasteiger partial charge in [-0.25, -0.2) is 4.98 Å². The molecule has 1 aromatic rings. The molecule has 1 saturated heterocycles. The van der Waals surface area contributed by atoms with Crippen molar-refractivity contribution >= 4 is 23.4 Å². The van der Waals surface area contributed by atoms with E-state index in [2.05, 4.69) is 15.3 Å². The van der Waals surface area contributed by atoms with Gasteiger partial charge in [0, 0.05) is 12.6 Å². The predicted octanol–water partition coefficient (Wildman–Crippen LogP) is 1.59. The van der Waals surface area contributed by atoms with Crippen LogP contribution in [-0.2, 0) is 0 Å². The zero-order valence-electron chi connectivity index (χ0n) is 8.36. The normalized spacial score (nSPS) is 20.5. The summed E-state index contributed by atoms with van der Waals surface area (Å²) in [5, 5.41) is 4.30. The van der Waals surface area contributed by atoms with E-state index in [0.717, 1.165) is 19.5 Å². The maximum absolute atomic E-state index is 5.85. The molecule has 0 amide bonds. The van der Waals surface area contributed by atoms with Gasteiger partial charge in [-0.2, -0.15) is 4.98 Å². The number of halogens is 1. The van der Waals surface area contributed by atoms with Gasteiger partial charge in [0.2, 0.25) is 5.88 Å². The Morgan fingerprint density at radius 2 is 2.47 bits per heavy atom. The first-order chi connectivity index (χ1) is 7.28. The minimum Gasteiger partial charge on any atom is -0.473 e. The van der Waals surface area contributed by atoms with Crippen LogP contribution in [0, 0.1) is 0 Å². The van der Waals surface area contributed by atoms with E-state index in [9.17, 15) is 0 Å². The smallest absolute Gasteiger partial charge is 0.219 e. The number of nitrogens with zero attached hydrogens (tertiary/aromatic N) is 2. The Hall–Kier alpha value is -0.520. The van der Waals surface area contributed by atoms with Crippen LogP contribution in [0.4, 0.5) is 0 Å². The van der Waals surface area contributed by atoms with Gasteiger partial charge in [-0.1, -0.05) is 23.4 Å². The summed E-state index contributed by atoms with van der Waals surface area (Å²) in [5.41, 5.74) is 0. The molecule has 1 unspecified atom stereocenters. The Labute approximate surface area is 97.8 Å². The summed E-state index contributed by atoms with van der Waals surface area (Å²) in [6, 6.07) is 1.65. The number of rotatable bonds is 3. The van der Waals surface area contributed by atoms with Crippen LogP contribution >= 0.6 is 23.4 Å². The predicted molar refractivity (Wildman–Crippen MR) is 60.7 cm³/mol. The van der Waals surface area contributed by atoms with E-state index >= 15 is 0 Å². The van der Waals surface area contributed by atoms with E-state index in [1.54, 1.807) is 6.07 Å². The van der Waals surface area contributed by atoms with Crippen LogP contribution in [0.2, 0.25) is 5.15 Å². The number of thioether (sulfide) groups is 1. The van der Waals surface area contributed by atoms with E-state index in [1.807, 2.05) is 6.26 Å². The first-order valence-corrected chi connectivity index (χ1v) is 6.34. The first kappa shape index (κ1) is 11.0. The van der Waals surface area contributed by atoms with Gasteiger partial charge in [0.05, 0.1) is 0 Å². The highest BCUT2D eigenvalue weighted by molar-refractivity contribution is 7.98. The summed E-state index contributed by atoms with van der Waals surface area (Å²) in [6.45, 7) is 1.87. The molecule has 0 aliphatic carbocycles. The van der Waals surface area contributed by atoms with Gasteiger partial charge in [-0.3, -0.25) is 0 Å². The summed E-state index contributed by atoms with van der Waals surface area (Å²) < 4.78 is 5.69. The molecular formula is C9H12ClN3OS. The fourth-order valence-corrected chi connectivity index (χ4v) is 2.02. The fraction of sp³-hybridized carbons (Fsp3) is 0.556. The van der Waals surface area contributed by atoms with E-state index in [0.29, 0.717) is 16.2 Å². The molecule has 4 nitrogen and oxygen atoms in total. The van der Waals surface area contributed by atoms with Crippen LogP contribution in [0.25, 0.3) is 0 Å². The highest BCUT2D eigenvalue weighted by atomic mass is 35.5. The lowest BCUT2D eigenvalue weighted by Gasteiger charge is -2.11. The van der Waals surface area contributed by atoms with E-state index in [4.69, 9.17) is 16.3 Å². The molecule has 1 fully saturated rings. The van der Waals surface area contributed by atoms with Gasteiger partial charge in [0.1, 0.15) is 11.3 Å². The van der Waals surface area contributed by atoms with Crippen LogP contribution < -0.4 is 10.1 Å². The minimum atomic E-state index is 0.200. The molecule has 2 heterocycles. The van der Waals surface area contributed by atoms with Crippen LogP contribution in [0.1, 0.15) is 6.42 Å². The van der Waals surface area contributed by atoms with Crippen molar-refractivity contribution in [1.29, 1.82) is 0 Å². The quantitative estimate of drug-likeness (QED) is 0.498. The fourth-order valence-electron chi connectivity index (χ4n) is 1.43. The standard InChI is InChI=1S/C9H12ClN3OS/c1-15-9-12-7(10)4-8(13-9)14-6-2-3-11-5-6/h4,6,11H,2-3,5H2,1H3. The average molecular weight is 246 g/mol. The van der Waals surface area contributed by atoms with Gasteiger partial charge in [-0.15, -0.1) is 0 Å². The Bertz CT molecular complexity index is 344. The molecule has 0 spiro atoms. The lowest BCUT2D eigenvalue weighted by molar-refractivity contribution is 0.212. The van der Waals surface area contributed by atoms with Gasteiger partial charge in [-0.05, 0) is 19.2 Å². The van der Waals surface area contributed by atoms with Gasteiger partial charge in [0.15, 0.2) is 5.16 Å². The molecule has 1 N–H and O–H groups in total. The second-order valence-corrected chi connectivity index (χ2v) is 4.41. The van der Waals surface area contributed by atoms with Crippen molar-refractivity contribution in [2.75, 3.05) is 19.3 Å². The molecule has 82 valence electrons. The Morgan fingerprint density at radius 3 is 3.13 bits per heavy atom. The monoisotopic (exact) mass is 245 g/mol. The second kappa shape index (κ2) is 5.01. The average Bonchev–Trinajstić information content (AvgIpc) is 2.69. The second-order valence-electron chi connectivity index (χ2n) is 3.25. The zero-order chi connectivity index (χ0) is 10.7. The van der Waals surface area contributed by atoms with Crippen molar-refractivity contribution in [3.05, 3.63) is 11.2 Å². The molecular weight excluding hydrogens is 234 g/mol. The first-order valence-electron chi connectivity index (χ1n) is 4.74. The van der Waals surface area contributed by atoms with Crippen LogP contribution in [-0.4, -0.2) is 35.4 Å². The van der Waals surface area contributed by atoms with Crippen molar-refractivity contribution in [2.45, 2.75) is 17.7 Å². The Balaban J connectivity index is 2.09. The van der Waals surface area contributed by atoms with Gasteiger partial charge >= 0.3 is 0 Å². The third kappa shape index (κ3) is 2.96. The largest absolute Gasteiger partial charge is 0.473 e. The Kier molecular flexibility index (Phi) is 3.66. The highest BCUT2D eigenvalue weighted by Crippen LogP contribution is 2.20. The number of ether oxygens (including phenoxy) is 1. The zero-order valence-corrected chi connectivity index (χ0v) is 9.94. The molecule has 6 heteroatoms. The van der Waals surface area contributed by atoms with Crippen LogP contribution in [0.5, 0.6) is 5.88 Å². The highest BCUT2D eigenvalue weighted by Gasteiger charge is 2.17. The molecule has 15 heavy (non-hydrogen) atoms.